The summed E-state index contributed by atoms with van der Waals surface area (Å²) in [5.74, 6) is -0.195. The Labute approximate surface area is 134 Å². The molecule has 0 aliphatic carbocycles. The molecule has 0 saturated carbocycles. The molecule has 0 atom stereocenters. The lowest BCUT2D eigenvalue weighted by Crippen LogP contribution is -2.16. The van der Waals surface area contributed by atoms with Gasteiger partial charge in [-0.3, -0.25) is 0 Å². The maximum absolute atomic E-state index is 12.2. The Balaban J connectivity index is 2.46. The van der Waals surface area contributed by atoms with Crippen LogP contribution in [0.1, 0.15) is 0 Å². The number of nitrogens with zero attached hydrogens (tertiary/aromatic N) is 2. The van der Waals surface area contributed by atoms with Gasteiger partial charge in [0.15, 0.2) is 0 Å². The molecule has 0 aliphatic rings. The monoisotopic (exact) mass is 371 g/mol. The summed E-state index contributed by atoms with van der Waals surface area (Å²) in [6, 6.07) is 3.94. The molecule has 0 bridgehead atoms. The van der Waals surface area contributed by atoms with Crippen LogP contribution in [-0.2, 0) is 10.0 Å². The minimum Gasteiger partial charge on any atom is -0.247 e. The number of rotatable bonds is 3. The van der Waals surface area contributed by atoms with Crippen molar-refractivity contribution in [2.75, 3.05) is 4.72 Å². The van der Waals surface area contributed by atoms with Crippen molar-refractivity contribution in [3.05, 3.63) is 44.6 Å². The normalized spacial score (nSPS) is 11.4. The first-order chi connectivity index (χ1) is 9.29. The second-order valence-corrected chi connectivity index (χ2v) is 6.76. The van der Waals surface area contributed by atoms with Gasteiger partial charge in [-0.1, -0.05) is 46.4 Å². The summed E-state index contributed by atoms with van der Waals surface area (Å²) in [4.78, 5) is 7.13. The third-order valence-corrected chi connectivity index (χ3v) is 4.76. The van der Waals surface area contributed by atoms with E-state index in [4.69, 9.17) is 46.4 Å². The van der Waals surface area contributed by atoms with Crippen LogP contribution in [0.3, 0.4) is 0 Å². The molecule has 0 aliphatic heterocycles. The van der Waals surface area contributed by atoms with Crippen molar-refractivity contribution in [2.45, 2.75) is 4.90 Å². The van der Waals surface area contributed by atoms with Crippen LogP contribution in [0.15, 0.2) is 29.3 Å². The molecule has 5 nitrogen and oxygen atoms in total. The van der Waals surface area contributed by atoms with Gasteiger partial charge in [-0.15, -0.1) is 0 Å². The van der Waals surface area contributed by atoms with Gasteiger partial charge in [-0.05, 0) is 18.2 Å². The molecule has 2 rings (SSSR count). The van der Waals surface area contributed by atoms with Crippen molar-refractivity contribution in [3.63, 3.8) is 0 Å². The van der Waals surface area contributed by atoms with E-state index >= 15 is 0 Å². The fraction of sp³-hybridized carbons (Fsp3) is 0. The highest BCUT2D eigenvalue weighted by Gasteiger charge is 2.23. The topological polar surface area (TPSA) is 72.0 Å². The minimum atomic E-state index is -4.06. The van der Waals surface area contributed by atoms with Crippen molar-refractivity contribution in [3.8, 4) is 0 Å². The van der Waals surface area contributed by atoms with Crippen LogP contribution in [0.2, 0.25) is 20.2 Å². The van der Waals surface area contributed by atoms with E-state index < -0.39 is 10.0 Å². The largest absolute Gasteiger partial charge is 0.267 e. The Morgan fingerprint density at radius 1 is 1.05 bits per heavy atom. The van der Waals surface area contributed by atoms with Crippen molar-refractivity contribution in [2.24, 2.45) is 0 Å². The van der Waals surface area contributed by atoms with Gasteiger partial charge in [0.05, 0.1) is 10.0 Å². The van der Waals surface area contributed by atoms with Crippen molar-refractivity contribution in [1.82, 2.24) is 9.97 Å². The van der Waals surface area contributed by atoms with E-state index in [1.807, 2.05) is 0 Å². The molecule has 1 heterocycles. The van der Waals surface area contributed by atoms with Crippen molar-refractivity contribution in [1.29, 1.82) is 0 Å². The molecule has 106 valence electrons. The summed E-state index contributed by atoms with van der Waals surface area (Å²) in [5.41, 5.74) is 0. The van der Waals surface area contributed by atoms with Gasteiger partial charge < -0.3 is 0 Å². The van der Waals surface area contributed by atoms with Gasteiger partial charge in [-0.25, -0.2) is 23.1 Å². The van der Waals surface area contributed by atoms with Crippen molar-refractivity contribution < 1.29 is 8.42 Å². The summed E-state index contributed by atoms with van der Waals surface area (Å²) < 4.78 is 26.6. The van der Waals surface area contributed by atoms with Gasteiger partial charge in [0.2, 0.25) is 5.95 Å². The number of halogens is 4. The minimum absolute atomic E-state index is 0.0889. The lowest BCUT2D eigenvalue weighted by Gasteiger charge is -2.10. The van der Waals surface area contributed by atoms with E-state index in [1.54, 1.807) is 0 Å². The van der Waals surface area contributed by atoms with Gasteiger partial charge in [0.1, 0.15) is 10.0 Å². The van der Waals surface area contributed by atoms with Gasteiger partial charge in [0, 0.05) is 11.2 Å². The van der Waals surface area contributed by atoms with E-state index in [0.717, 1.165) is 0 Å². The Bertz CT molecular complexity index is 744. The maximum atomic E-state index is 12.2. The molecule has 1 N–H and O–H groups in total. The van der Waals surface area contributed by atoms with Crippen LogP contribution in [0.5, 0.6) is 0 Å². The van der Waals surface area contributed by atoms with Crippen LogP contribution in [0.25, 0.3) is 0 Å². The van der Waals surface area contributed by atoms with Crippen LogP contribution < -0.4 is 4.72 Å². The Hall–Kier alpha value is -0.790. The Morgan fingerprint density at radius 2 is 1.65 bits per heavy atom. The van der Waals surface area contributed by atoms with Crippen LogP contribution in [0.4, 0.5) is 5.95 Å². The zero-order chi connectivity index (χ0) is 14.9. The SMILES string of the molecule is O=S(=O)(Nc1nccc(Cl)n1)c1c(Cl)cc(Cl)cc1Cl. The summed E-state index contributed by atoms with van der Waals surface area (Å²) in [7, 11) is -4.06. The smallest absolute Gasteiger partial charge is 0.247 e. The summed E-state index contributed by atoms with van der Waals surface area (Å²) in [6.07, 6.45) is 1.30. The molecular weight excluding hydrogens is 368 g/mol. The molecule has 10 heteroatoms. The zero-order valence-electron chi connectivity index (χ0n) is 9.44. The highest BCUT2D eigenvalue weighted by Crippen LogP contribution is 2.33. The number of anilines is 1. The summed E-state index contributed by atoms with van der Waals surface area (Å²) in [5, 5.41) is 0.0815. The predicted molar refractivity (Wildman–Crippen MR) is 79.3 cm³/mol. The van der Waals surface area contributed by atoms with Gasteiger partial charge in [0.25, 0.3) is 10.0 Å². The highest BCUT2D eigenvalue weighted by atomic mass is 35.5. The first-order valence-electron chi connectivity index (χ1n) is 4.95. The third kappa shape index (κ3) is 3.45. The molecule has 0 fully saturated rings. The first-order valence-corrected chi connectivity index (χ1v) is 7.95. The first kappa shape index (κ1) is 15.6. The standard InChI is InChI=1S/C10H5Cl4N3O2S/c11-5-3-6(12)9(7(13)4-5)20(18,19)17-10-15-2-1-8(14)16-10/h1-4H,(H,15,16,17). The molecule has 0 unspecified atom stereocenters. The third-order valence-electron chi connectivity index (χ3n) is 2.08. The van der Waals surface area contributed by atoms with Gasteiger partial charge in [-0.2, -0.15) is 0 Å². The molecule has 0 saturated heterocycles. The lowest BCUT2D eigenvalue weighted by atomic mass is 10.4. The van der Waals surface area contributed by atoms with E-state index in [1.165, 1.54) is 24.4 Å². The number of sulfonamides is 1. The van der Waals surface area contributed by atoms with E-state index in [9.17, 15) is 8.42 Å². The average molecular weight is 373 g/mol. The number of benzene rings is 1. The number of nitrogens with one attached hydrogen (secondary N) is 1. The Morgan fingerprint density at radius 3 is 2.20 bits per heavy atom. The second-order valence-electron chi connectivity index (χ2n) is 3.51. The molecule has 1 aromatic heterocycles. The number of aromatic nitrogens is 2. The molecule has 2 aromatic rings. The maximum Gasteiger partial charge on any atom is 0.267 e. The van der Waals surface area contributed by atoms with E-state index in [-0.39, 0.29) is 31.1 Å². The molecule has 1 aromatic carbocycles. The molecular formula is C10H5Cl4N3O2S. The average Bonchev–Trinajstić information content (AvgIpc) is 2.25. The summed E-state index contributed by atoms with van der Waals surface area (Å²) >= 11 is 23.1. The summed E-state index contributed by atoms with van der Waals surface area (Å²) in [6.45, 7) is 0. The van der Waals surface area contributed by atoms with Crippen LogP contribution >= 0.6 is 46.4 Å². The Kier molecular flexibility index (Phi) is 4.61. The quantitative estimate of drug-likeness (QED) is 0.829. The highest BCUT2D eigenvalue weighted by molar-refractivity contribution is 7.93. The molecule has 20 heavy (non-hydrogen) atoms. The van der Waals surface area contributed by atoms with Crippen LogP contribution in [0, 0.1) is 0 Å². The lowest BCUT2D eigenvalue weighted by molar-refractivity contribution is 0.601. The fourth-order valence-electron chi connectivity index (χ4n) is 1.34. The number of hydrogen-bond donors (Lipinski definition) is 1. The zero-order valence-corrected chi connectivity index (χ0v) is 13.3. The van der Waals surface area contributed by atoms with Crippen molar-refractivity contribution >= 4 is 62.4 Å². The van der Waals surface area contributed by atoms with Gasteiger partial charge >= 0.3 is 0 Å². The number of hydrogen-bond acceptors (Lipinski definition) is 4. The van der Waals surface area contributed by atoms with Crippen LogP contribution in [-0.4, -0.2) is 18.4 Å². The second kappa shape index (κ2) is 5.91. The molecule has 0 radical (unpaired) electrons. The van der Waals surface area contributed by atoms with E-state index in [2.05, 4.69) is 14.7 Å². The molecule has 0 amide bonds. The predicted octanol–water partition coefficient (Wildman–Crippen LogP) is 3.89. The molecule has 0 spiro atoms. The van der Waals surface area contributed by atoms with E-state index in [0.29, 0.717) is 0 Å². The fourth-order valence-corrected chi connectivity index (χ4v) is 3.98.